The number of nitrogens with zero attached hydrogens (tertiary/aromatic N) is 2. The van der Waals surface area contributed by atoms with Crippen LogP contribution < -0.4 is 4.74 Å². The van der Waals surface area contributed by atoms with Gasteiger partial charge in [0.25, 0.3) is 0 Å². The van der Waals surface area contributed by atoms with Gasteiger partial charge in [-0.3, -0.25) is 0 Å². The molecule has 0 saturated heterocycles. The number of ether oxygens (including phenoxy) is 1. The number of halogens is 1. The molecule has 4 nitrogen and oxygen atoms in total. The van der Waals surface area contributed by atoms with Crippen LogP contribution in [-0.4, -0.2) is 5.16 Å². The van der Waals surface area contributed by atoms with Gasteiger partial charge in [-0.2, -0.15) is 5.26 Å². The summed E-state index contributed by atoms with van der Waals surface area (Å²) in [5.74, 6) is 0.307. The van der Waals surface area contributed by atoms with Crippen LogP contribution in [0.25, 0.3) is 0 Å². The predicted octanol–water partition coefficient (Wildman–Crippen LogP) is 2.57. The Morgan fingerprint density at radius 3 is 2.88 bits per heavy atom. The Balaban J connectivity index is 2.05. The molecule has 86 valence electrons. The molecule has 0 aliphatic carbocycles. The van der Waals surface area contributed by atoms with Gasteiger partial charge < -0.3 is 9.26 Å². The van der Waals surface area contributed by atoms with Gasteiger partial charge in [0.05, 0.1) is 11.3 Å². The summed E-state index contributed by atoms with van der Waals surface area (Å²) in [4.78, 5) is 0. The fraction of sp³-hybridized carbons (Fsp3) is 0.167. The third-order valence-electron chi connectivity index (χ3n) is 2.12. The van der Waals surface area contributed by atoms with Crippen LogP contribution in [0.15, 0.2) is 28.8 Å². The van der Waals surface area contributed by atoms with E-state index in [0.29, 0.717) is 11.5 Å². The van der Waals surface area contributed by atoms with Gasteiger partial charge >= 0.3 is 0 Å². The smallest absolute Gasteiger partial charge is 0.174 e. The molecule has 0 radical (unpaired) electrons. The van der Waals surface area contributed by atoms with Crippen molar-refractivity contribution in [2.45, 2.75) is 13.5 Å². The molecule has 0 aliphatic heterocycles. The number of rotatable bonds is 3. The van der Waals surface area contributed by atoms with Crippen molar-refractivity contribution in [1.29, 1.82) is 5.26 Å². The third-order valence-corrected chi connectivity index (χ3v) is 2.12. The largest absolute Gasteiger partial charge is 0.485 e. The van der Waals surface area contributed by atoms with Crippen LogP contribution in [0.5, 0.6) is 5.75 Å². The maximum absolute atomic E-state index is 13.2. The molecule has 0 saturated carbocycles. The lowest BCUT2D eigenvalue weighted by Crippen LogP contribution is -1.95. The first-order valence-electron chi connectivity index (χ1n) is 4.93. The van der Waals surface area contributed by atoms with Crippen molar-refractivity contribution >= 4 is 0 Å². The molecule has 0 atom stereocenters. The van der Waals surface area contributed by atoms with Gasteiger partial charge in [0, 0.05) is 12.1 Å². The fourth-order valence-electron chi connectivity index (χ4n) is 1.32. The minimum atomic E-state index is -0.598. The van der Waals surface area contributed by atoms with Crippen molar-refractivity contribution in [2.75, 3.05) is 0 Å². The maximum Gasteiger partial charge on any atom is 0.174 e. The Hall–Kier alpha value is -2.35. The monoisotopic (exact) mass is 232 g/mol. The summed E-state index contributed by atoms with van der Waals surface area (Å²) < 4.78 is 23.5. The van der Waals surface area contributed by atoms with E-state index in [1.54, 1.807) is 19.1 Å². The Labute approximate surface area is 97.2 Å². The van der Waals surface area contributed by atoms with Gasteiger partial charge in [0.2, 0.25) is 0 Å². The van der Waals surface area contributed by atoms with Crippen LogP contribution in [0.1, 0.15) is 17.0 Å². The molecule has 2 aromatic rings. The topological polar surface area (TPSA) is 59.0 Å². The number of aromatic nitrogens is 1. The highest BCUT2D eigenvalue weighted by Gasteiger charge is 2.05. The zero-order valence-corrected chi connectivity index (χ0v) is 9.11. The van der Waals surface area contributed by atoms with Crippen LogP contribution in [0.2, 0.25) is 0 Å². The molecule has 0 unspecified atom stereocenters. The van der Waals surface area contributed by atoms with E-state index in [0.717, 1.165) is 5.69 Å². The second kappa shape index (κ2) is 4.66. The quantitative estimate of drug-likeness (QED) is 0.816. The molecule has 0 fully saturated rings. The van der Waals surface area contributed by atoms with Crippen molar-refractivity contribution in [3.8, 4) is 11.8 Å². The Bertz CT molecular complexity index is 572. The van der Waals surface area contributed by atoms with E-state index in [1.807, 2.05) is 0 Å². The lowest BCUT2D eigenvalue weighted by atomic mass is 10.2. The van der Waals surface area contributed by atoms with Gasteiger partial charge in [-0.05, 0) is 19.1 Å². The summed E-state index contributed by atoms with van der Waals surface area (Å²) in [6.45, 7) is 1.97. The van der Waals surface area contributed by atoms with E-state index >= 15 is 0 Å². The van der Waals surface area contributed by atoms with Gasteiger partial charge in [-0.1, -0.05) is 5.16 Å². The highest BCUT2D eigenvalue weighted by atomic mass is 19.1. The Morgan fingerprint density at radius 2 is 2.29 bits per heavy atom. The average molecular weight is 232 g/mol. The lowest BCUT2D eigenvalue weighted by Gasteiger charge is -2.03. The van der Waals surface area contributed by atoms with E-state index < -0.39 is 5.82 Å². The first-order chi connectivity index (χ1) is 8.19. The van der Waals surface area contributed by atoms with E-state index in [1.165, 1.54) is 18.2 Å². The molecule has 0 spiro atoms. The molecule has 17 heavy (non-hydrogen) atoms. The van der Waals surface area contributed by atoms with E-state index in [9.17, 15) is 4.39 Å². The van der Waals surface area contributed by atoms with Gasteiger partial charge in [0.15, 0.2) is 5.76 Å². The van der Waals surface area contributed by atoms with Crippen molar-refractivity contribution in [1.82, 2.24) is 5.16 Å². The summed E-state index contributed by atoms with van der Waals surface area (Å²) in [5.41, 5.74) is 0.752. The third kappa shape index (κ3) is 2.61. The highest BCUT2D eigenvalue weighted by Crippen LogP contribution is 2.17. The van der Waals surface area contributed by atoms with Crippen molar-refractivity contribution in [2.24, 2.45) is 0 Å². The van der Waals surface area contributed by atoms with Crippen LogP contribution in [-0.2, 0) is 6.61 Å². The number of benzene rings is 1. The van der Waals surface area contributed by atoms with Crippen LogP contribution in [0.3, 0.4) is 0 Å². The molecular formula is C12H9FN2O2. The van der Waals surface area contributed by atoms with E-state index in [2.05, 4.69) is 5.16 Å². The van der Waals surface area contributed by atoms with Crippen molar-refractivity contribution in [3.63, 3.8) is 0 Å². The summed E-state index contributed by atoms with van der Waals surface area (Å²) >= 11 is 0. The van der Waals surface area contributed by atoms with E-state index in [-0.39, 0.29) is 12.2 Å². The number of aryl methyl sites for hydroxylation is 1. The molecule has 0 N–H and O–H groups in total. The number of hydrogen-bond donors (Lipinski definition) is 0. The van der Waals surface area contributed by atoms with Gasteiger partial charge in [0.1, 0.15) is 24.2 Å². The normalized spacial score (nSPS) is 9.94. The number of hydrogen-bond acceptors (Lipinski definition) is 4. The second-order valence-corrected chi connectivity index (χ2v) is 3.48. The van der Waals surface area contributed by atoms with Crippen LogP contribution >= 0.6 is 0 Å². The zero-order chi connectivity index (χ0) is 12.3. The van der Waals surface area contributed by atoms with E-state index in [4.69, 9.17) is 14.5 Å². The second-order valence-electron chi connectivity index (χ2n) is 3.48. The molecule has 0 aliphatic rings. The predicted molar refractivity (Wildman–Crippen MR) is 56.7 cm³/mol. The molecule has 1 aromatic carbocycles. The van der Waals surface area contributed by atoms with Crippen LogP contribution in [0, 0.1) is 24.1 Å². The molecule has 1 heterocycles. The summed E-state index contributed by atoms with van der Waals surface area (Å²) in [5, 5.41) is 12.3. The molecule has 1 aromatic heterocycles. The first-order valence-corrected chi connectivity index (χ1v) is 4.93. The average Bonchev–Trinajstić information content (AvgIpc) is 2.73. The standard InChI is InChI=1S/C12H9FN2O2/c1-8-4-11(17-15-8)7-16-10-3-2-9(6-14)12(13)5-10/h2-5H,7H2,1H3. The Morgan fingerprint density at radius 1 is 1.47 bits per heavy atom. The molecular weight excluding hydrogens is 223 g/mol. The number of nitriles is 1. The maximum atomic E-state index is 13.2. The fourth-order valence-corrected chi connectivity index (χ4v) is 1.32. The zero-order valence-electron chi connectivity index (χ0n) is 9.11. The highest BCUT2D eigenvalue weighted by molar-refractivity contribution is 5.36. The Kier molecular flexibility index (Phi) is 3.06. The minimum absolute atomic E-state index is 0.00661. The summed E-state index contributed by atoms with van der Waals surface area (Å²) in [7, 11) is 0. The molecule has 0 bridgehead atoms. The van der Waals surface area contributed by atoms with Gasteiger partial charge in [-0.15, -0.1) is 0 Å². The summed E-state index contributed by atoms with van der Waals surface area (Å²) in [6, 6.07) is 7.55. The van der Waals surface area contributed by atoms with Crippen LogP contribution in [0.4, 0.5) is 4.39 Å². The summed E-state index contributed by atoms with van der Waals surface area (Å²) in [6.07, 6.45) is 0. The SMILES string of the molecule is Cc1cc(COc2ccc(C#N)c(F)c2)on1. The van der Waals surface area contributed by atoms with Gasteiger partial charge in [-0.25, -0.2) is 4.39 Å². The molecule has 2 rings (SSSR count). The lowest BCUT2D eigenvalue weighted by molar-refractivity contribution is 0.248. The molecule has 0 amide bonds. The molecule has 5 heteroatoms. The minimum Gasteiger partial charge on any atom is -0.485 e. The van der Waals surface area contributed by atoms with Crippen molar-refractivity contribution in [3.05, 3.63) is 47.1 Å². The van der Waals surface area contributed by atoms with Crippen molar-refractivity contribution < 1.29 is 13.7 Å². The first kappa shape index (κ1) is 11.1.